The molecule has 12 nitrogen and oxygen atoms in total. The number of primary amides is 1. The van der Waals surface area contributed by atoms with E-state index in [1.165, 1.54) is 18.7 Å². The van der Waals surface area contributed by atoms with E-state index in [2.05, 4.69) is 16.0 Å². The summed E-state index contributed by atoms with van der Waals surface area (Å²) in [5.41, 5.74) is 16.1. The van der Waals surface area contributed by atoms with Gasteiger partial charge >= 0.3 is 5.97 Å². The Morgan fingerprint density at radius 2 is 1.41 bits per heavy atom. The lowest BCUT2D eigenvalue weighted by Crippen LogP contribution is -2.57. The van der Waals surface area contributed by atoms with E-state index in [9.17, 15) is 29.1 Å². The fraction of sp³-hybridized carbons (Fsp3) is 0.737. The van der Waals surface area contributed by atoms with E-state index in [0.29, 0.717) is 25.1 Å². The summed E-state index contributed by atoms with van der Waals surface area (Å²) in [5.74, 6) is -3.29. The predicted molar refractivity (Wildman–Crippen MR) is 121 cm³/mol. The van der Waals surface area contributed by atoms with Gasteiger partial charge in [-0.1, -0.05) is 0 Å². The number of thioether (sulfide) groups is 1. The average molecular weight is 477 g/mol. The summed E-state index contributed by atoms with van der Waals surface area (Å²) < 4.78 is 0. The molecule has 4 atom stereocenters. The summed E-state index contributed by atoms with van der Waals surface area (Å²) in [5, 5.41) is 16.8. The van der Waals surface area contributed by atoms with Crippen molar-refractivity contribution < 1.29 is 29.1 Å². The highest BCUT2D eigenvalue weighted by molar-refractivity contribution is 7.98. The zero-order valence-electron chi connectivity index (χ0n) is 18.6. The van der Waals surface area contributed by atoms with Crippen molar-refractivity contribution in [3.63, 3.8) is 0 Å². The number of nitrogens with one attached hydrogen (secondary N) is 3. The third-order valence-corrected chi connectivity index (χ3v) is 5.18. The molecule has 0 aromatic heterocycles. The van der Waals surface area contributed by atoms with Gasteiger partial charge in [-0.2, -0.15) is 11.8 Å². The van der Waals surface area contributed by atoms with Crippen LogP contribution in [-0.4, -0.2) is 77.4 Å². The second kappa shape index (κ2) is 16.3. The molecule has 13 heteroatoms. The average Bonchev–Trinajstić information content (AvgIpc) is 2.72. The summed E-state index contributed by atoms with van der Waals surface area (Å²) in [7, 11) is 0. The Morgan fingerprint density at radius 1 is 0.875 bits per heavy atom. The third kappa shape index (κ3) is 12.5. The first-order valence-corrected chi connectivity index (χ1v) is 11.8. The first-order valence-electron chi connectivity index (χ1n) is 10.4. The highest BCUT2D eigenvalue weighted by Crippen LogP contribution is 2.06. The van der Waals surface area contributed by atoms with Crippen molar-refractivity contribution in [2.75, 3.05) is 18.6 Å². The van der Waals surface area contributed by atoms with Crippen LogP contribution in [0.15, 0.2) is 0 Å². The van der Waals surface area contributed by atoms with Gasteiger partial charge in [0.1, 0.15) is 18.1 Å². The molecule has 0 aliphatic heterocycles. The molecule has 32 heavy (non-hydrogen) atoms. The van der Waals surface area contributed by atoms with Crippen molar-refractivity contribution in [3.05, 3.63) is 0 Å². The summed E-state index contributed by atoms with van der Waals surface area (Å²) in [6.07, 6.45) is 3.04. The molecule has 0 aliphatic carbocycles. The highest BCUT2D eigenvalue weighted by Gasteiger charge is 2.29. The van der Waals surface area contributed by atoms with E-state index in [-0.39, 0.29) is 25.7 Å². The van der Waals surface area contributed by atoms with Crippen LogP contribution < -0.4 is 33.2 Å². The quantitative estimate of drug-likeness (QED) is 0.115. The number of carboxylic acids is 1. The van der Waals surface area contributed by atoms with E-state index in [0.717, 1.165) is 0 Å². The Morgan fingerprint density at radius 3 is 1.88 bits per heavy atom. The molecular weight excluding hydrogens is 440 g/mol. The van der Waals surface area contributed by atoms with Crippen LogP contribution >= 0.6 is 11.8 Å². The Labute approximate surface area is 192 Å². The first kappa shape index (κ1) is 29.6. The van der Waals surface area contributed by atoms with Gasteiger partial charge in [0.05, 0.1) is 6.04 Å². The highest BCUT2D eigenvalue weighted by atomic mass is 32.2. The summed E-state index contributed by atoms with van der Waals surface area (Å²) >= 11 is 1.47. The van der Waals surface area contributed by atoms with Gasteiger partial charge in [0, 0.05) is 6.42 Å². The first-order chi connectivity index (χ1) is 15.0. The number of carbonyl (C=O) groups excluding carboxylic acids is 4. The minimum absolute atomic E-state index is 0.126. The number of amides is 4. The van der Waals surface area contributed by atoms with Crippen molar-refractivity contribution >= 4 is 41.4 Å². The smallest absolute Gasteiger partial charge is 0.326 e. The number of rotatable bonds is 17. The summed E-state index contributed by atoms with van der Waals surface area (Å²) in [4.78, 5) is 60.2. The van der Waals surface area contributed by atoms with Crippen molar-refractivity contribution in [3.8, 4) is 0 Å². The zero-order valence-corrected chi connectivity index (χ0v) is 19.4. The Hall–Kier alpha value is -2.38. The number of nitrogens with two attached hydrogens (primary N) is 3. The standard InChI is InChI=1S/C19H36N6O6S/c1-11(21)16(27)23-13(8-10-32-2)18(29)24-12(6-7-15(22)26)17(28)25-14(19(30)31)5-3-4-9-20/h11-14H,3-10,20-21H2,1-2H3,(H2,22,26)(H,23,27)(H,24,29)(H,25,28)(H,30,31). The van der Waals surface area contributed by atoms with E-state index in [1.807, 2.05) is 6.26 Å². The van der Waals surface area contributed by atoms with Crippen LogP contribution in [-0.2, 0) is 24.0 Å². The Balaban J connectivity index is 5.39. The van der Waals surface area contributed by atoms with Crippen LogP contribution in [0.4, 0.5) is 0 Å². The third-order valence-electron chi connectivity index (χ3n) is 4.53. The van der Waals surface area contributed by atoms with Gasteiger partial charge in [-0.25, -0.2) is 4.79 Å². The van der Waals surface area contributed by atoms with Crippen molar-refractivity contribution in [1.82, 2.24) is 16.0 Å². The molecule has 0 bridgehead atoms. The monoisotopic (exact) mass is 476 g/mol. The molecular formula is C19H36N6O6S. The second-order valence-electron chi connectivity index (χ2n) is 7.38. The number of carboxylic acid groups (broad SMARTS) is 1. The van der Waals surface area contributed by atoms with Crippen LogP contribution in [0.1, 0.15) is 45.4 Å². The largest absolute Gasteiger partial charge is 0.480 e. The minimum Gasteiger partial charge on any atom is -0.480 e. The van der Waals surface area contributed by atoms with E-state index in [4.69, 9.17) is 17.2 Å². The van der Waals surface area contributed by atoms with Crippen LogP contribution in [0.3, 0.4) is 0 Å². The van der Waals surface area contributed by atoms with Gasteiger partial charge < -0.3 is 38.3 Å². The second-order valence-corrected chi connectivity index (χ2v) is 8.37. The molecule has 0 heterocycles. The molecule has 0 aromatic rings. The number of unbranched alkanes of at least 4 members (excludes halogenated alkanes) is 1. The van der Waals surface area contributed by atoms with Gasteiger partial charge in [-0.3, -0.25) is 19.2 Å². The van der Waals surface area contributed by atoms with Crippen molar-refractivity contribution in [2.24, 2.45) is 17.2 Å². The van der Waals surface area contributed by atoms with Gasteiger partial charge in [0.15, 0.2) is 0 Å². The summed E-state index contributed by atoms with van der Waals surface area (Å²) in [6, 6.07) is -4.18. The molecule has 0 saturated heterocycles. The van der Waals surface area contributed by atoms with Crippen LogP contribution in [0.2, 0.25) is 0 Å². The number of hydrogen-bond donors (Lipinski definition) is 7. The maximum Gasteiger partial charge on any atom is 0.326 e. The lowest BCUT2D eigenvalue weighted by molar-refractivity contribution is -0.142. The maximum atomic E-state index is 12.8. The maximum absolute atomic E-state index is 12.8. The molecule has 4 unspecified atom stereocenters. The van der Waals surface area contributed by atoms with Crippen molar-refractivity contribution in [2.45, 2.75) is 69.6 Å². The zero-order chi connectivity index (χ0) is 24.7. The van der Waals surface area contributed by atoms with E-state index >= 15 is 0 Å². The fourth-order valence-corrected chi connectivity index (χ4v) is 3.13. The normalized spacial score (nSPS) is 14.5. The molecule has 0 fully saturated rings. The number of carbonyl (C=O) groups is 5. The van der Waals surface area contributed by atoms with E-state index < -0.39 is 53.8 Å². The fourth-order valence-electron chi connectivity index (χ4n) is 2.66. The van der Waals surface area contributed by atoms with Crippen LogP contribution in [0.25, 0.3) is 0 Å². The van der Waals surface area contributed by atoms with Crippen LogP contribution in [0.5, 0.6) is 0 Å². The lowest BCUT2D eigenvalue weighted by atomic mass is 10.1. The van der Waals surface area contributed by atoms with Gasteiger partial charge in [0.25, 0.3) is 0 Å². The molecule has 184 valence electrons. The Kier molecular flexibility index (Phi) is 15.1. The molecule has 4 amide bonds. The minimum atomic E-state index is -1.22. The molecule has 0 saturated carbocycles. The van der Waals surface area contributed by atoms with Gasteiger partial charge in [-0.15, -0.1) is 0 Å². The summed E-state index contributed by atoms with van der Waals surface area (Å²) in [6.45, 7) is 1.86. The molecule has 0 spiro atoms. The molecule has 0 radical (unpaired) electrons. The lowest BCUT2D eigenvalue weighted by Gasteiger charge is -2.24. The van der Waals surface area contributed by atoms with Crippen molar-refractivity contribution in [1.29, 1.82) is 0 Å². The number of hydrogen-bond acceptors (Lipinski definition) is 8. The molecule has 10 N–H and O–H groups in total. The Bertz CT molecular complexity index is 648. The van der Waals surface area contributed by atoms with E-state index in [1.54, 1.807) is 0 Å². The molecule has 0 aliphatic rings. The predicted octanol–water partition coefficient (Wildman–Crippen LogP) is -1.98. The van der Waals surface area contributed by atoms with Crippen LogP contribution in [0, 0.1) is 0 Å². The topological polar surface area (TPSA) is 220 Å². The van der Waals surface area contributed by atoms with Gasteiger partial charge in [-0.05, 0) is 57.6 Å². The van der Waals surface area contributed by atoms with Gasteiger partial charge in [0.2, 0.25) is 23.6 Å². The molecule has 0 aromatic carbocycles. The SMILES string of the molecule is CSCCC(NC(=O)C(C)N)C(=O)NC(CCC(N)=O)C(=O)NC(CCCCN)C(=O)O. The molecule has 0 rings (SSSR count). The number of aliphatic carboxylic acids is 1.